The standard InChI is InChI=1S/C17H25N3O2S/c21-17(11-4-5-14-13(10-11)18-8-9-22-14)19-7-6-16-20-12-2-1-3-15(12)23-16/h11,13-14,18H,1-10H2,(H,19,21)/t11-,13+,14+/m0/s1. The van der Waals surface area contributed by atoms with Gasteiger partial charge in [0, 0.05) is 36.3 Å². The maximum absolute atomic E-state index is 12.4. The minimum Gasteiger partial charge on any atom is -0.375 e. The van der Waals surface area contributed by atoms with Gasteiger partial charge in [0.05, 0.1) is 23.4 Å². The van der Waals surface area contributed by atoms with Gasteiger partial charge in [0.1, 0.15) is 0 Å². The van der Waals surface area contributed by atoms with Gasteiger partial charge in [-0.2, -0.15) is 0 Å². The fourth-order valence-corrected chi connectivity index (χ4v) is 5.19. The van der Waals surface area contributed by atoms with Gasteiger partial charge in [-0.05, 0) is 38.5 Å². The molecular weight excluding hydrogens is 310 g/mol. The molecule has 0 radical (unpaired) electrons. The summed E-state index contributed by atoms with van der Waals surface area (Å²) in [7, 11) is 0. The highest BCUT2D eigenvalue weighted by Crippen LogP contribution is 2.29. The largest absolute Gasteiger partial charge is 0.375 e. The molecule has 2 fully saturated rings. The van der Waals surface area contributed by atoms with E-state index in [2.05, 4.69) is 10.6 Å². The Balaban J connectivity index is 1.23. The quantitative estimate of drug-likeness (QED) is 0.874. The van der Waals surface area contributed by atoms with Crippen molar-refractivity contribution >= 4 is 17.2 Å². The van der Waals surface area contributed by atoms with Crippen LogP contribution in [0.5, 0.6) is 0 Å². The summed E-state index contributed by atoms with van der Waals surface area (Å²) in [6.07, 6.45) is 7.61. The van der Waals surface area contributed by atoms with Crippen LogP contribution in [0.15, 0.2) is 0 Å². The summed E-state index contributed by atoms with van der Waals surface area (Å²) in [5.41, 5.74) is 1.30. The van der Waals surface area contributed by atoms with Crippen molar-refractivity contribution < 1.29 is 9.53 Å². The molecule has 3 aliphatic rings. The molecule has 2 aliphatic carbocycles. The van der Waals surface area contributed by atoms with Crippen LogP contribution < -0.4 is 10.6 Å². The Morgan fingerprint density at radius 2 is 2.35 bits per heavy atom. The maximum Gasteiger partial charge on any atom is 0.223 e. The summed E-state index contributed by atoms with van der Waals surface area (Å²) in [4.78, 5) is 18.6. The SMILES string of the molecule is O=C(NCCc1nc2c(s1)CCC2)[C@H]1CC[C@H]2OCCN[C@@H]2C1. The summed E-state index contributed by atoms with van der Waals surface area (Å²) in [5.74, 6) is 0.340. The highest BCUT2D eigenvalue weighted by Gasteiger charge is 2.35. The van der Waals surface area contributed by atoms with Crippen LogP contribution in [0.3, 0.4) is 0 Å². The molecule has 2 heterocycles. The lowest BCUT2D eigenvalue weighted by molar-refractivity contribution is -0.128. The normalized spacial score (nSPS) is 29.8. The molecule has 0 aromatic carbocycles. The van der Waals surface area contributed by atoms with Crippen LogP contribution in [-0.4, -0.2) is 42.7 Å². The van der Waals surface area contributed by atoms with Gasteiger partial charge in [-0.25, -0.2) is 4.98 Å². The first-order valence-electron chi connectivity index (χ1n) is 8.90. The van der Waals surface area contributed by atoms with E-state index in [4.69, 9.17) is 9.72 Å². The second kappa shape index (κ2) is 6.87. The molecule has 2 N–H and O–H groups in total. The van der Waals surface area contributed by atoms with Gasteiger partial charge < -0.3 is 15.4 Å². The first-order valence-corrected chi connectivity index (χ1v) is 9.71. The first kappa shape index (κ1) is 15.5. The van der Waals surface area contributed by atoms with Crippen molar-refractivity contribution in [3.8, 4) is 0 Å². The zero-order valence-corrected chi connectivity index (χ0v) is 14.3. The lowest BCUT2D eigenvalue weighted by Crippen LogP contribution is -2.53. The van der Waals surface area contributed by atoms with E-state index in [1.165, 1.54) is 28.4 Å². The molecule has 1 aromatic rings. The van der Waals surface area contributed by atoms with Crippen LogP contribution in [0.1, 0.15) is 41.3 Å². The van der Waals surface area contributed by atoms with Crippen LogP contribution in [0.4, 0.5) is 0 Å². The van der Waals surface area contributed by atoms with E-state index >= 15 is 0 Å². The number of hydrogen-bond donors (Lipinski definition) is 2. The molecular formula is C17H25N3O2S. The van der Waals surface area contributed by atoms with E-state index < -0.39 is 0 Å². The summed E-state index contributed by atoms with van der Waals surface area (Å²) >= 11 is 1.84. The van der Waals surface area contributed by atoms with Crippen LogP contribution in [0.25, 0.3) is 0 Å². The fraction of sp³-hybridized carbons (Fsp3) is 0.765. The predicted molar refractivity (Wildman–Crippen MR) is 89.7 cm³/mol. The Labute approximate surface area is 141 Å². The molecule has 0 unspecified atom stereocenters. The van der Waals surface area contributed by atoms with Crippen molar-refractivity contribution in [1.82, 2.24) is 15.6 Å². The van der Waals surface area contributed by atoms with Crippen molar-refractivity contribution in [2.75, 3.05) is 19.7 Å². The van der Waals surface area contributed by atoms with Crippen LogP contribution in [0.2, 0.25) is 0 Å². The Bertz CT molecular complexity index is 553. The van der Waals surface area contributed by atoms with E-state index in [1.807, 2.05) is 11.3 Å². The van der Waals surface area contributed by atoms with Crippen molar-refractivity contribution in [3.63, 3.8) is 0 Å². The smallest absolute Gasteiger partial charge is 0.223 e. The number of carbonyl (C=O) groups is 1. The number of thiazole rings is 1. The number of carbonyl (C=O) groups excluding carboxylic acids is 1. The highest BCUT2D eigenvalue weighted by molar-refractivity contribution is 7.11. The van der Waals surface area contributed by atoms with Gasteiger partial charge in [0.25, 0.3) is 0 Å². The van der Waals surface area contributed by atoms with Crippen molar-refractivity contribution in [2.24, 2.45) is 5.92 Å². The molecule has 0 spiro atoms. The van der Waals surface area contributed by atoms with Gasteiger partial charge in [0.15, 0.2) is 0 Å². The third-order valence-corrected chi connectivity index (χ3v) is 6.49. The molecule has 5 nitrogen and oxygen atoms in total. The number of nitrogens with zero attached hydrogens (tertiary/aromatic N) is 1. The third kappa shape index (κ3) is 3.44. The number of aryl methyl sites for hydroxylation is 2. The second-order valence-electron chi connectivity index (χ2n) is 6.85. The maximum atomic E-state index is 12.4. The number of rotatable bonds is 4. The third-order valence-electron chi connectivity index (χ3n) is 5.28. The van der Waals surface area contributed by atoms with Crippen LogP contribution >= 0.6 is 11.3 Å². The molecule has 1 amide bonds. The predicted octanol–water partition coefficient (Wildman–Crippen LogP) is 1.45. The number of aromatic nitrogens is 1. The van der Waals surface area contributed by atoms with Gasteiger partial charge in [-0.1, -0.05) is 0 Å². The van der Waals surface area contributed by atoms with Gasteiger partial charge in [-0.15, -0.1) is 11.3 Å². The zero-order valence-electron chi connectivity index (χ0n) is 13.5. The molecule has 4 rings (SSSR count). The zero-order chi connectivity index (χ0) is 15.6. The molecule has 23 heavy (non-hydrogen) atoms. The summed E-state index contributed by atoms with van der Waals surface area (Å²) in [5, 5.41) is 7.80. The summed E-state index contributed by atoms with van der Waals surface area (Å²) < 4.78 is 5.78. The van der Waals surface area contributed by atoms with Crippen molar-refractivity contribution in [2.45, 2.75) is 57.1 Å². The van der Waals surface area contributed by atoms with Gasteiger partial charge in [-0.3, -0.25) is 4.79 Å². The molecule has 1 aromatic heterocycles. The number of morpholine rings is 1. The number of nitrogens with one attached hydrogen (secondary N) is 2. The lowest BCUT2D eigenvalue weighted by Gasteiger charge is -2.39. The Morgan fingerprint density at radius 1 is 1.39 bits per heavy atom. The fourth-order valence-electron chi connectivity index (χ4n) is 4.04. The van der Waals surface area contributed by atoms with Gasteiger partial charge >= 0.3 is 0 Å². The number of fused-ring (bicyclic) bond motifs is 2. The summed E-state index contributed by atoms with van der Waals surface area (Å²) in [6, 6.07) is 0.357. The molecule has 0 bridgehead atoms. The van der Waals surface area contributed by atoms with E-state index in [1.54, 1.807) is 0 Å². The van der Waals surface area contributed by atoms with Crippen LogP contribution in [-0.2, 0) is 28.8 Å². The molecule has 1 aliphatic heterocycles. The monoisotopic (exact) mass is 335 g/mol. The number of hydrogen-bond acceptors (Lipinski definition) is 5. The first-order chi connectivity index (χ1) is 11.3. The topological polar surface area (TPSA) is 63.2 Å². The van der Waals surface area contributed by atoms with E-state index in [-0.39, 0.29) is 11.8 Å². The Morgan fingerprint density at radius 3 is 3.26 bits per heavy atom. The second-order valence-corrected chi connectivity index (χ2v) is 8.02. The average molecular weight is 335 g/mol. The van der Waals surface area contributed by atoms with E-state index in [9.17, 15) is 4.79 Å². The number of ether oxygens (including phenoxy) is 1. The molecule has 126 valence electrons. The van der Waals surface area contributed by atoms with E-state index in [0.29, 0.717) is 18.7 Å². The average Bonchev–Trinajstić information content (AvgIpc) is 3.16. The molecule has 6 heteroatoms. The minimum absolute atomic E-state index is 0.131. The Kier molecular flexibility index (Phi) is 4.64. The molecule has 1 saturated heterocycles. The number of amides is 1. The van der Waals surface area contributed by atoms with E-state index in [0.717, 1.165) is 45.3 Å². The molecule has 1 saturated carbocycles. The lowest BCUT2D eigenvalue weighted by atomic mass is 9.82. The van der Waals surface area contributed by atoms with Crippen LogP contribution in [0, 0.1) is 5.92 Å². The van der Waals surface area contributed by atoms with Crippen molar-refractivity contribution in [3.05, 3.63) is 15.6 Å². The summed E-state index contributed by atoms with van der Waals surface area (Å²) in [6.45, 7) is 2.42. The van der Waals surface area contributed by atoms with Gasteiger partial charge in [0.2, 0.25) is 5.91 Å². The molecule has 3 atom stereocenters. The Hall–Kier alpha value is -0.980. The minimum atomic E-state index is 0.131. The highest BCUT2D eigenvalue weighted by atomic mass is 32.1. The van der Waals surface area contributed by atoms with Crippen molar-refractivity contribution in [1.29, 1.82) is 0 Å².